The zero-order valence-corrected chi connectivity index (χ0v) is 14.7. The molecule has 0 unspecified atom stereocenters. The number of H-pyrrole nitrogens is 1. The first-order valence-electron chi connectivity index (χ1n) is 7.43. The number of carbonyl (C=O) groups excluding carboxylic acids is 1. The summed E-state index contributed by atoms with van der Waals surface area (Å²) in [4.78, 5) is 15.5. The van der Waals surface area contributed by atoms with Crippen LogP contribution in [-0.4, -0.2) is 21.2 Å². The Labute approximate surface area is 152 Å². The predicted octanol–water partition coefficient (Wildman–Crippen LogP) is 3.16. The van der Waals surface area contributed by atoms with Gasteiger partial charge in [-0.25, -0.2) is 4.98 Å². The third-order valence-corrected chi connectivity index (χ3v) is 4.40. The zero-order chi connectivity index (χ0) is 17.8. The van der Waals surface area contributed by atoms with Crippen molar-refractivity contribution in [3.05, 3.63) is 57.9 Å². The third kappa shape index (κ3) is 4.32. The van der Waals surface area contributed by atoms with Crippen molar-refractivity contribution in [2.24, 2.45) is 0 Å². The van der Waals surface area contributed by atoms with Gasteiger partial charge in [0, 0.05) is 21.9 Å². The topological polar surface area (TPSA) is 94.8 Å². The van der Waals surface area contributed by atoms with Gasteiger partial charge in [-0.1, -0.05) is 18.5 Å². The molecule has 128 valence electrons. The van der Waals surface area contributed by atoms with Crippen LogP contribution in [0.1, 0.15) is 18.5 Å². The standard InChI is InChI=1S/C17H14ClN3O3S/c1-2-15-19-17(21-20-15)25-14(16(22)23)9-12-7-8-13(24-12)10-3-5-11(18)6-4-10/h3-9H,2H2,1H3,(H,22,23)(H,19,20,21)/p-1/b14-9+. The SMILES string of the molecule is CCc1nc(S/C(=C/c2ccc(-c3ccc(Cl)cc3)o2)C(=O)[O-])n[nH]1. The molecule has 0 amide bonds. The number of rotatable bonds is 6. The first-order valence-corrected chi connectivity index (χ1v) is 8.62. The summed E-state index contributed by atoms with van der Waals surface area (Å²) in [6.07, 6.45) is 2.07. The molecule has 0 saturated carbocycles. The first kappa shape index (κ1) is 17.3. The number of aromatic nitrogens is 3. The molecular weight excluding hydrogens is 362 g/mol. The number of carboxylic acid groups (broad SMARTS) is 1. The Hall–Kier alpha value is -2.51. The second kappa shape index (κ2) is 7.58. The lowest BCUT2D eigenvalue weighted by atomic mass is 10.2. The molecule has 25 heavy (non-hydrogen) atoms. The molecular formula is C17H13ClN3O3S-. The molecule has 1 aromatic carbocycles. The smallest absolute Gasteiger partial charge is 0.213 e. The Morgan fingerprint density at radius 2 is 2.08 bits per heavy atom. The van der Waals surface area contributed by atoms with Gasteiger partial charge in [0.2, 0.25) is 5.16 Å². The van der Waals surface area contributed by atoms with E-state index in [4.69, 9.17) is 16.0 Å². The van der Waals surface area contributed by atoms with Gasteiger partial charge in [0.05, 0.1) is 5.97 Å². The highest BCUT2D eigenvalue weighted by molar-refractivity contribution is 8.04. The number of nitrogens with one attached hydrogen (secondary N) is 1. The fraction of sp³-hybridized carbons (Fsp3) is 0.118. The number of hydrogen-bond donors (Lipinski definition) is 1. The lowest BCUT2D eigenvalue weighted by Crippen LogP contribution is -2.23. The largest absolute Gasteiger partial charge is 0.544 e. The quantitative estimate of drug-likeness (QED) is 0.526. The van der Waals surface area contributed by atoms with Crippen LogP contribution in [0.5, 0.6) is 0 Å². The Morgan fingerprint density at radius 3 is 2.72 bits per heavy atom. The van der Waals surface area contributed by atoms with Crippen LogP contribution >= 0.6 is 23.4 Å². The predicted molar refractivity (Wildman–Crippen MR) is 93.8 cm³/mol. The summed E-state index contributed by atoms with van der Waals surface area (Å²) in [5.41, 5.74) is 0.841. The van der Waals surface area contributed by atoms with Gasteiger partial charge in [-0.15, -0.1) is 5.10 Å². The van der Waals surface area contributed by atoms with Gasteiger partial charge >= 0.3 is 0 Å². The second-order valence-corrected chi connectivity index (χ2v) is 6.47. The van der Waals surface area contributed by atoms with Crippen LogP contribution in [0.3, 0.4) is 0 Å². The summed E-state index contributed by atoms with van der Waals surface area (Å²) in [7, 11) is 0. The van der Waals surface area contributed by atoms with E-state index < -0.39 is 5.97 Å². The van der Waals surface area contributed by atoms with Gasteiger partial charge in [-0.2, -0.15) is 0 Å². The van der Waals surface area contributed by atoms with Gasteiger partial charge in [0.1, 0.15) is 17.3 Å². The van der Waals surface area contributed by atoms with Crippen LogP contribution in [0.2, 0.25) is 5.02 Å². The van der Waals surface area contributed by atoms with E-state index in [9.17, 15) is 9.90 Å². The van der Waals surface area contributed by atoms with Gasteiger partial charge in [0.15, 0.2) is 0 Å². The summed E-state index contributed by atoms with van der Waals surface area (Å²) in [6, 6.07) is 10.6. The van der Waals surface area contributed by atoms with Gasteiger partial charge in [-0.3, -0.25) is 5.10 Å². The Balaban J connectivity index is 1.83. The highest BCUT2D eigenvalue weighted by Crippen LogP contribution is 2.28. The van der Waals surface area contributed by atoms with Crippen LogP contribution < -0.4 is 5.11 Å². The number of benzene rings is 1. The molecule has 0 bridgehead atoms. The van der Waals surface area contributed by atoms with Crippen LogP contribution in [0.4, 0.5) is 0 Å². The highest BCUT2D eigenvalue weighted by atomic mass is 35.5. The van der Waals surface area contributed by atoms with Crippen molar-refractivity contribution in [1.82, 2.24) is 15.2 Å². The van der Waals surface area contributed by atoms with Crippen molar-refractivity contribution in [2.45, 2.75) is 18.5 Å². The van der Waals surface area contributed by atoms with Gasteiger partial charge < -0.3 is 14.3 Å². The number of halogens is 1. The number of aromatic amines is 1. The van der Waals surface area contributed by atoms with Crippen molar-refractivity contribution in [3.8, 4) is 11.3 Å². The summed E-state index contributed by atoms with van der Waals surface area (Å²) < 4.78 is 5.68. The molecule has 0 aliphatic rings. The zero-order valence-electron chi connectivity index (χ0n) is 13.2. The molecule has 0 saturated heterocycles. The van der Waals surface area contributed by atoms with Crippen LogP contribution in [0.25, 0.3) is 17.4 Å². The highest BCUT2D eigenvalue weighted by Gasteiger charge is 2.10. The molecule has 0 atom stereocenters. The number of carbonyl (C=O) groups is 1. The fourth-order valence-corrected chi connectivity index (χ4v) is 2.87. The summed E-state index contributed by atoms with van der Waals surface area (Å²) >= 11 is 6.77. The molecule has 0 aliphatic heterocycles. The molecule has 0 radical (unpaired) electrons. The van der Waals surface area contributed by atoms with E-state index in [2.05, 4.69) is 15.2 Å². The summed E-state index contributed by atoms with van der Waals surface area (Å²) in [5, 5.41) is 19.0. The van der Waals surface area contributed by atoms with Crippen molar-refractivity contribution >= 4 is 35.4 Å². The average molecular weight is 375 g/mol. The third-order valence-electron chi connectivity index (χ3n) is 3.28. The lowest BCUT2D eigenvalue weighted by molar-refractivity contribution is -0.298. The van der Waals surface area contributed by atoms with E-state index in [1.807, 2.05) is 19.1 Å². The van der Waals surface area contributed by atoms with E-state index >= 15 is 0 Å². The number of aliphatic carboxylic acids is 1. The molecule has 0 aliphatic carbocycles. The number of furan rings is 1. The monoisotopic (exact) mass is 374 g/mol. The second-order valence-electron chi connectivity index (χ2n) is 5.03. The van der Waals surface area contributed by atoms with Gasteiger partial charge in [-0.05, 0) is 54.2 Å². The number of thioether (sulfide) groups is 1. The van der Waals surface area contributed by atoms with E-state index in [1.165, 1.54) is 6.08 Å². The maximum atomic E-state index is 11.4. The molecule has 3 rings (SSSR count). The Morgan fingerprint density at radius 1 is 1.32 bits per heavy atom. The normalized spacial score (nSPS) is 11.7. The molecule has 0 spiro atoms. The minimum atomic E-state index is -1.32. The minimum Gasteiger partial charge on any atom is -0.544 e. The summed E-state index contributed by atoms with van der Waals surface area (Å²) in [6.45, 7) is 1.92. The summed E-state index contributed by atoms with van der Waals surface area (Å²) in [5.74, 6) is 0.361. The number of aryl methyl sites for hydroxylation is 1. The molecule has 0 fully saturated rings. The Bertz CT molecular complexity index is 915. The van der Waals surface area contributed by atoms with E-state index in [0.29, 0.717) is 33.9 Å². The van der Waals surface area contributed by atoms with Crippen molar-refractivity contribution in [1.29, 1.82) is 0 Å². The molecule has 3 aromatic rings. The maximum absolute atomic E-state index is 11.4. The molecule has 6 nitrogen and oxygen atoms in total. The number of nitrogens with zero attached hydrogens (tertiary/aromatic N) is 2. The molecule has 8 heteroatoms. The van der Waals surface area contributed by atoms with E-state index in [-0.39, 0.29) is 4.91 Å². The van der Waals surface area contributed by atoms with Gasteiger partial charge in [0.25, 0.3) is 0 Å². The number of carboxylic acids is 1. The van der Waals surface area contributed by atoms with Crippen LogP contribution in [0.15, 0.2) is 50.9 Å². The minimum absolute atomic E-state index is 0.0429. The van der Waals surface area contributed by atoms with E-state index in [1.54, 1.807) is 24.3 Å². The van der Waals surface area contributed by atoms with E-state index in [0.717, 1.165) is 17.3 Å². The van der Waals surface area contributed by atoms with Crippen molar-refractivity contribution in [3.63, 3.8) is 0 Å². The number of hydrogen-bond acceptors (Lipinski definition) is 6. The van der Waals surface area contributed by atoms with Crippen molar-refractivity contribution in [2.75, 3.05) is 0 Å². The molecule has 2 heterocycles. The van der Waals surface area contributed by atoms with Crippen LogP contribution in [0, 0.1) is 0 Å². The van der Waals surface area contributed by atoms with Crippen molar-refractivity contribution < 1.29 is 14.3 Å². The Kier molecular flexibility index (Phi) is 5.25. The first-order chi connectivity index (χ1) is 12.0. The molecule has 1 N–H and O–H groups in total. The average Bonchev–Trinajstić information content (AvgIpc) is 3.24. The lowest BCUT2D eigenvalue weighted by Gasteiger charge is -2.04. The maximum Gasteiger partial charge on any atom is 0.213 e. The molecule has 2 aromatic heterocycles. The fourth-order valence-electron chi connectivity index (χ4n) is 2.04. The van der Waals surface area contributed by atoms with Crippen LogP contribution in [-0.2, 0) is 11.2 Å².